The SMILES string of the molecule is CC1(C)CCN(C(=O)C2CCCC(C(=O)O)C2)CCS1. The van der Waals surface area contributed by atoms with Gasteiger partial charge in [-0.15, -0.1) is 0 Å². The number of carboxylic acid groups (broad SMARTS) is 1. The quantitative estimate of drug-likeness (QED) is 0.851. The van der Waals surface area contributed by atoms with Crippen LogP contribution in [0.15, 0.2) is 0 Å². The van der Waals surface area contributed by atoms with E-state index in [4.69, 9.17) is 5.11 Å². The topological polar surface area (TPSA) is 57.6 Å². The van der Waals surface area contributed by atoms with Crippen LogP contribution >= 0.6 is 11.8 Å². The molecule has 2 fully saturated rings. The summed E-state index contributed by atoms with van der Waals surface area (Å²) in [6, 6.07) is 0. The number of carboxylic acids is 1. The largest absolute Gasteiger partial charge is 0.481 e. The van der Waals surface area contributed by atoms with E-state index in [1.807, 2.05) is 16.7 Å². The highest BCUT2D eigenvalue weighted by Gasteiger charge is 2.34. The first-order valence-corrected chi connectivity index (χ1v) is 8.53. The highest BCUT2D eigenvalue weighted by Crippen LogP contribution is 2.34. The Hall–Kier alpha value is -0.710. The van der Waals surface area contributed by atoms with Gasteiger partial charge in [-0.25, -0.2) is 0 Å². The Labute approximate surface area is 125 Å². The van der Waals surface area contributed by atoms with E-state index < -0.39 is 5.97 Å². The summed E-state index contributed by atoms with van der Waals surface area (Å²) in [5.41, 5.74) is 0. The van der Waals surface area contributed by atoms with Crippen molar-refractivity contribution in [2.75, 3.05) is 18.8 Å². The summed E-state index contributed by atoms with van der Waals surface area (Å²) in [5.74, 6) is 0.0317. The molecular formula is C15H25NO3S. The molecule has 20 heavy (non-hydrogen) atoms. The molecule has 2 atom stereocenters. The minimum absolute atomic E-state index is 0.0731. The van der Waals surface area contributed by atoms with Crippen molar-refractivity contribution in [1.29, 1.82) is 0 Å². The van der Waals surface area contributed by atoms with Crippen LogP contribution in [0.2, 0.25) is 0 Å². The number of carbonyl (C=O) groups excluding carboxylic acids is 1. The predicted molar refractivity (Wildman–Crippen MR) is 80.8 cm³/mol. The van der Waals surface area contributed by atoms with Crippen LogP contribution in [0.5, 0.6) is 0 Å². The summed E-state index contributed by atoms with van der Waals surface area (Å²) in [7, 11) is 0. The summed E-state index contributed by atoms with van der Waals surface area (Å²) >= 11 is 1.93. The molecule has 5 heteroatoms. The van der Waals surface area contributed by atoms with Gasteiger partial charge in [-0.1, -0.05) is 20.3 Å². The second-order valence-corrected chi connectivity index (χ2v) is 8.38. The molecule has 1 saturated heterocycles. The number of nitrogens with zero attached hydrogens (tertiary/aromatic N) is 1. The smallest absolute Gasteiger partial charge is 0.306 e. The fourth-order valence-electron chi connectivity index (χ4n) is 3.14. The van der Waals surface area contributed by atoms with E-state index in [-0.39, 0.29) is 22.5 Å². The van der Waals surface area contributed by atoms with Crippen molar-refractivity contribution < 1.29 is 14.7 Å². The number of carbonyl (C=O) groups is 2. The summed E-state index contributed by atoms with van der Waals surface area (Å²) in [6.45, 7) is 6.08. The van der Waals surface area contributed by atoms with Crippen LogP contribution in [0.4, 0.5) is 0 Å². The molecule has 0 aromatic rings. The average Bonchev–Trinajstić information content (AvgIpc) is 2.59. The molecule has 0 spiro atoms. The van der Waals surface area contributed by atoms with Crippen molar-refractivity contribution in [1.82, 2.24) is 4.90 Å². The van der Waals surface area contributed by atoms with Crippen LogP contribution in [0.3, 0.4) is 0 Å². The van der Waals surface area contributed by atoms with E-state index in [0.29, 0.717) is 6.42 Å². The molecule has 1 saturated carbocycles. The predicted octanol–water partition coefficient (Wildman–Crippen LogP) is 2.62. The maximum Gasteiger partial charge on any atom is 0.306 e. The highest BCUT2D eigenvalue weighted by atomic mass is 32.2. The molecule has 0 aromatic carbocycles. The molecule has 1 N–H and O–H groups in total. The Morgan fingerprint density at radius 3 is 2.60 bits per heavy atom. The third-order valence-corrected chi connectivity index (χ3v) is 5.89. The van der Waals surface area contributed by atoms with Crippen LogP contribution in [0, 0.1) is 11.8 Å². The summed E-state index contributed by atoms with van der Waals surface area (Å²) in [6.07, 6.45) is 3.98. The van der Waals surface area contributed by atoms with Gasteiger partial charge in [0.15, 0.2) is 0 Å². The molecule has 1 amide bonds. The minimum Gasteiger partial charge on any atom is -0.481 e. The Balaban J connectivity index is 1.95. The van der Waals surface area contributed by atoms with Crippen molar-refractivity contribution >= 4 is 23.6 Å². The van der Waals surface area contributed by atoms with Gasteiger partial charge >= 0.3 is 5.97 Å². The molecule has 0 aromatic heterocycles. The standard InChI is InChI=1S/C15H25NO3S/c1-15(2)6-7-16(8-9-20-15)13(17)11-4-3-5-12(10-11)14(18)19/h11-12H,3-10H2,1-2H3,(H,18,19). The third-order valence-electron chi connectivity index (χ3n) is 4.52. The van der Waals surface area contributed by atoms with E-state index in [0.717, 1.165) is 44.5 Å². The molecule has 2 rings (SSSR count). The molecule has 0 radical (unpaired) electrons. The van der Waals surface area contributed by atoms with E-state index in [1.54, 1.807) is 0 Å². The molecule has 1 aliphatic carbocycles. The number of amides is 1. The van der Waals surface area contributed by atoms with Gasteiger partial charge in [0.25, 0.3) is 0 Å². The minimum atomic E-state index is -0.741. The van der Waals surface area contributed by atoms with Crippen molar-refractivity contribution in [3.05, 3.63) is 0 Å². The Morgan fingerprint density at radius 2 is 1.90 bits per heavy atom. The molecule has 2 aliphatic rings. The van der Waals surface area contributed by atoms with E-state index in [2.05, 4.69) is 13.8 Å². The van der Waals surface area contributed by atoms with Gasteiger partial charge in [0.2, 0.25) is 5.91 Å². The van der Waals surface area contributed by atoms with Gasteiger partial charge in [-0.05, 0) is 25.7 Å². The zero-order valence-electron chi connectivity index (χ0n) is 12.4. The molecule has 0 bridgehead atoms. The fourth-order valence-corrected chi connectivity index (χ4v) is 4.24. The monoisotopic (exact) mass is 299 g/mol. The van der Waals surface area contributed by atoms with Gasteiger partial charge < -0.3 is 10.0 Å². The molecule has 1 aliphatic heterocycles. The van der Waals surface area contributed by atoms with Crippen molar-refractivity contribution in [3.8, 4) is 0 Å². The molecule has 1 heterocycles. The molecule has 114 valence electrons. The van der Waals surface area contributed by atoms with Gasteiger partial charge in [-0.2, -0.15) is 11.8 Å². The molecular weight excluding hydrogens is 274 g/mol. The van der Waals surface area contributed by atoms with Crippen LogP contribution < -0.4 is 0 Å². The normalized spacial score (nSPS) is 30.6. The number of thioether (sulfide) groups is 1. The van der Waals surface area contributed by atoms with Gasteiger partial charge in [0.05, 0.1) is 5.92 Å². The lowest BCUT2D eigenvalue weighted by Crippen LogP contribution is -2.40. The Kier molecular flexibility index (Phi) is 4.99. The van der Waals surface area contributed by atoms with E-state index >= 15 is 0 Å². The second kappa shape index (κ2) is 6.37. The highest BCUT2D eigenvalue weighted by molar-refractivity contribution is 8.00. The number of hydrogen-bond acceptors (Lipinski definition) is 3. The van der Waals surface area contributed by atoms with Gasteiger partial charge in [-0.3, -0.25) is 9.59 Å². The van der Waals surface area contributed by atoms with E-state index in [1.165, 1.54) is 0 Å². The van der Waals surface area contributed by atoms with Crippen molar-refractivity contribution in [2.24, 2.45) is 11.8 Å². The van der Waals surface area contributed by atoms with Crippen molar-refractivity contribution in [3.63, 3.8) is 0 Å². The zero-order chi connectivity index (χ0) is 14.8. The lowest BCUT2D eigenvalue weighted by molar-refractivity contribution is -0.145. The fraction of sp³-hybridized carbons (Fsp3) is 0.867. The first-order chi connectivity index (χ1) is 9.39. The van der Waals surface area contributed by atoms with Gasteiger partial charge in [0.1, 0.15) is 0 Å². The van der Waals surface area contributed by atoms with Crippen LogP contribution in [0.1, 0.15) is 46.0 Å². The van der Waals surface area contributed by atoms with Gasteiger partial charge in [0, 0.05) is 29.5 Å². The summed E-state index contributed by atoms with van der Waals surface area (Å²) < 4.78 is 0.241. The number of rotatable bonds is 2. The maximum absolute atomic E-state index is 12.6. The van der Waals surface area contributed by atoms with Crippen LogP contribution in [-0.4, -0.2) is 45.5 Å². The summed E-state index contributed by atoms with van der Waals surface area (Å²) in [5, 5.41) is 9.13. The zero-order valence-corrected chi connectivity index (χ0v) is 13.2. The summed E-state index contributed by atoms with van der Waals surface area (Å²) in [4.78, 5) is 25.7. The van der Waals surface area contributed by atoms with Crippen LogP contribution in [-0.2, 0) is 9.59 Å². The number of aliphatic carboxylic acids is 1. The van der Waals surface area contributed by atoms with Crippen LogP contribution in [0.25, 0.3) is 0 Å². The first-order valence-electron chi connectivity index (χ1n) is 7.54. The molecule has 4 nitrogen and oxygen atoms in total. The Bertz CT molecular complexity index is 383. The lowest BCUT2D eigenvalue weighted by atomic mass is 9.80. The molecule has 2 unspecified atom stereocenters. The van der Waals surface area contributed by atoms with E-state index in [9.17, 15) is 9.59 Å². The number of hydrogen-bond donors (Lipinski definition) is 1. The maximum atomic E-state index is 12.6. The third kappa shape index (κ3) is 3.90. The second-order valence-electron chi connectivity index (χ2n) is 6.58. The van der Waals surface area contributed by atoms with Crippen molar-refractivity contribution in [2.45, 2.75) is 50.7 Å². The Morgan fingerprint density at radius 1 is 1.20 bits per heavy atom. The average molecular weight is 299 g/mol. The first kappa shape index (κ1) is 15.7. The lowest BCUT2D eigenvalue weighted by Gasteiger charge is -2.31.